The zero-order valence-electron chi connectivity index (χ0n) is 29.4. The number of aliphatic hydroxyl groups is 1. The van der Waals surface area contributed by atoms with Crippen molar-refractivity contribution in [3.63, 3.8) is 0 Å². The highest BCUT2D eigenvalue weighted by molar-refractivity contribution is 5.51. The first-order chi connectivity index (χ1) is 25.6. The molecule has 6 aromatic rings. The van der Waals surface area contributed by atoms with Crippen molar-refractivity contribution in [3.05, 3.63) is 185 Å². The fraction of sp³-hybridized carbons (Fsp3) is 0.200. The second kappa shape index (κ2) is 19.0. The molecule has 0 amide bonds. The Morgan fingerprint density at radius 3 is 1.27 bits per heavy atom. The van der Waals surface area contributed by atoms with Crippen LogP contribution >= 0.6 is 0 Å². The van der Waals surface area contributed by atoms with E-state index < -0.39 is 6.10 Å². The molecule has 7 nitrogen and oxygen atoms in total. The van der Waals surface area contributed by atoms with E-state index in [1.54, 1.807) is 7.11 Å². The first-order valence-corrected chi connectivity index (χ1v) is 17.4. The van der Waals surface area contributed by atoms with Crippen molar-refractivity contribution in [3.8, 4) is 28.7 Å². The minimum Gasteiger partial charge on any atom is -0.489 e. The van der Waals surface area contributed by atoms with Gasteiger partial charge in [-0.15, -0.1) is 0 Å². The van der Waals surface area contributed by atoms with Crippen LogP contribution in [-0.4, -0.2) is 19.0 Å². The first-order valence-electron chi connectivity index (χ1n) is 17.4. The van der Waals surface area contributed by atoms with Crippen LogP contribution in [0.1, 0.15) is 45.9 Å². The van der Waals surface area contributed by atoms with Gasteiger partial charge in [-0.1, -0.05) is 121 Å². The van der Waals surface area contributed by atoms with Crippen LogP contribution < -0.4 is 23.7 Å². The zero-order chi connectivity index (χ0) is 35.8. The van der Waals surface area contributed by atoms with E-state index in [2.05, 4.69) is 0 Å². The standard InChI is InChI=1S/C45H44O7/c1-47-33-52-45-28-41(50-31-36-18-10-4-11-19-36)27-44(51-32-37-20-12-5-13-21-37)42(45)22-23-43(46)38-24-39(48-29-34-14-6-2-7-15-34)26-40(25-38)49-30-35-16-8-3-9-17-35/h2-21,24-28,43,46H,22-23,29-33H2,1H3. The molecule has 6 rings (SSSR count). The summed E-state index contributed by atoms with van der Waals surface area (Å²) in [5, 5.41) is 11.7. The summed E-state index contributed by atoms with van der Waals surface area (Å²) < 4.78 is 36.4. The minimum atomic E-state index is -0.842. The van der Waals surface area contributed by atoms with Gasteiger partial charge in [-0.25, -0.2) is 0 Å². The third kappa shape index (κ3) is 10.9. The van der Waals surface area contributed by atoms with E-state index in [1.807, 2.05) is 152 Å². The smallest absolute Gasteiger partial charge is 0.188 e. The van der Waals surface area contributed by atoms with E-state index in [0.717, 1.165) is 27.8 Å². The van der Waals surface area contributed by atoms with Crippen molar-refractivity contribution in [2.45, 2.75) is 45.4 Å². The van der Waals surface area contributed by atoms with Gasteiger partial charge in [-0.3, -0.25) is 0 Å². The third-order valence-corrected chi connectivity index (χ3v) is 8.41. The van der Waals surface area contributed by atoms with Crippen LogP contribution in [0.2, 0.25) is 0 Å². The topological polar surface area (TPSA) is 75.6 Å². The van der Waals surface area contributed by atoms with E-state index in [9.17, 15) is 5.11 Å². The fourth-order valence-electron chi connectivity index (χ4n) is 5.66. The van der Waals surface area contributed by atoms with Crippen molar-refractivity contribution >= 4 is 0 Å². The minimum absolute atomic E-state index is 0.0404. The highest BCUT2D eigenvalue weighted by Crippen LogP contribution is 2.38. The van der Waals surface area contributed by atoms with Crippen molar-refractivity contribution in [1.29, 1.82) is 0 Å². The third-order valence-electron chi connectivity index (χ3n) is 8.41. The first kappa shape index (κ1) is 36.0. The predicted molar refractivity (Wildman–Crippen MR) is 202 cm³/mol. The lowest BCUT2D eigenvalue weighted by atomic mass is 9.99. The lowest BCUT2D eigenvalue weighted by Crippen LogP contribution is -2.08. The molecular formula is C45H44O7. The molecule has 0 aliphatic carbocycles. The van der Waals surface area contributed by atoms with Crippen LogP contribution in [0.15, 0.2) is 152 Å². The summed E-state index contributed by atoms with van der Waals surface area (Å²) >= 11 is 0. The second-order valence-corrected chi connectivity index (χ2v) is 12.3. The molecule has 0 spiro atoms. The highest BCUT2D eigenvalue weighted by atomic mass is 16.7. The summed E-state index contributed by atoms with van der Waals surface area (Å²) in [6.07, 6.45) is -0.0284. The molecule has 0 saturated heterocycles. The van der Waals surface area contributed by atoms with Crippen LogP contribution in [0.25, 0.3) is 0 Å². The molecular weight excluding hydrogens is 652 g/mol. The Labute approximate surface area is 305 Å². The Morgan fingerprint density at radius 2 is 0.846 bits per heavy atom. The molecule has 7 heteroatoms. The molecule has 0 fully saturated rings. The molecule has 1 unspecified atom stereocenters. The average Bonchev–Trinajstić information content (AvgIpc) is 3.20. The Bertz CT molecular complexity index is 1870. The van der Waals surface area contributed by atoms with Crippen LogP contribution in [-0.2, 0) is 37.6 Å². The van der Waals surface area contributed by atoms with Gasteiger partial charge in [0.1, 0.15) is 55.2 Å². The van der Waals surface area contributed by atoms with E-state index in [4.69, 9.17) is 28.4 Å². The Balaban J connectivity index is 1.25. The highest BCUT2D eigenvalue weighted by Gasteiger charge is 2.19. The number of rotatable bonds is 19. The maximum Gasteiger partial charge on any atom is 0.188 e. The number of aliphatic hydroxyl groups excluding tert-OH is 1. The molecule has 266 valence electrons. The summed E-state index contributed by atoms with van der Waals surface area (Å²) in [7, 11) is 1.58. The van der Waals surface area contributed by atoms with Gasteiger partial charge in [0.25, 0.3) is 0 Å². The normalized spacial score (nSPS) is 11.4. The number of methoxy groups -OCH3 is 1. The SMILES string of the molecule is COCOc1cc(OCc2ccccc2)cc(OCc2ccccc2)c1CCC(O)c1cc(OCc2ccccc2)cc(OCc2ccccc2)c1. The van der Waals surface area contributed by atoms with Gasteiger partial charge < -0.3 is 33.5 Å². The maximum absolute atomic E-state index is 11.7. The Kier molecular flexibility index (Phi) is 13.2. The summed E-state index contributed by atoms with van der Waals surface area (Å²) in [5.41, 5.74) is 5.64. The van der Waals surface area contributed by atoms with Crippen LogP contribution in [0.4, 0.5) is 0 Å². The fourth-order valence-corrected chi connectivity index (χ4v) is 5.66. The lowest BCUT2D eigenvalue weighted by Gasteiger charge is -2.20. The molecule has 0 heterocycles. The number of ether oxygens (including phenoxy) is 6. The molecule has 0 radical (unpaired) electrons. The quantitative estimate of drug-likeness (QED) is 0.0846. The molecule has 6 aromatic carbocycles. The Morgan fingerprint density at radius 1 is 0.462 bits per heavy atom. The number of hydrogen-bond acceptors (Lipinski definition) is 7. The van der Waals surface area contributed by atoms with Crippen LogP contribution in [0.3, 0.4) is 0 Å². The van der Waals surface area contributed by atoms with Crippen LogP contribution in [0, 0.1) is 0 Å². The van der Waals surface area contributed by atoms with Crippen LogP contribution in [0.5, 0.6) is 28.7 Å². The lowest BCUT2D eigenvalue weighted by molar-refractivity contribution is 0.0497. The molecule has 0 aliphatic rings. The largest absolute Gasteiger partial charge is 0.489 e. The zero-order valence-corrected chi connectivity index (χ0v) is 29.4. The van der Waals surface area contributed by atoms with E-state index in [1.165, 1.54) is 0 Å². The van der Waals surface area contributed by atoms with Gasteiger partial charge in [0.05, 0.1) is 6.10 Å². The Hall–Kier alpha value is -5.76. The monoisotopic (exact) mass is 696 g/mol. The van der Waals surface area contributed by atoms with Gasteiger partial charge in [-0.05, 0) is 52.8 Å². The van der Waals surface area contributed by atoms with Crippen molar-refractivity contribution in [2.75, 3.05) is 13.9 Å². The van der Waals surface area contributed by atoms with Crippen molar-refractivity contribution in [2.24, 2.45) is 0 Å². The maximum atomic E-state index is 11.7. The van der Waals surface area contributed by atoms with Gasteiger partial charge in [0.2, 0.25) is 0 Å². The van der Waals surface area contributed by atoms with Gasteiger partial charge >= 0.3 is 0 Å². The van der Waals surface area contributed by atoms with Crippen molar-refractivity contribution in [1.82, 2.24) is 0 Å². The van der Waals surface area contributed by atoms with Gasteiger partial charge in [-0.2, -0.15) is 0 Å². The average molecular weight is 697 g/mol. The molecule has 1 N–H and O–H groups in total. The molecule has 0 saturated carbocycles. The number of hydrogen-bond donors (Lipinski definition) is 1. The van der Waals surface area contributed by atoms with Gasteiger partial charge in [0, 0.05) is 30.9 Å². The molecule has 1 atom stereocenters. The van der Waals surface area contributed by atoms with E-state index in [0.29, 0.717) is 73.6 Å². The van der Waals surface area contributed by atoms with Gasteiger partial charge in [0.15, 0.2) is 6.79 Å². The summed E-state index contributed by atoms with van der Waals surface area (Å²) in [5.74, 6) is 3.00. The van der Waals surface area contributed by atoms with E-state index in [-0.39, 0.29) is 6.79 Å². The summed E-state index contributed by atoms with van der Waals surface area (Å²) in [6, 6.07) is 49.3. The second-order valence-electron chi connectivity index (χ2n) is 12.3. The molecule has 0 bridgehead atoms. The molecule has 52 heavy (non-hydrogen) atoms. The summed E-state index contributed by atoms with van der Waals surface area (Å²) in [4.78, 5) is 0. The molecule has 0 aliphatic heterocycles. The summed E-state index contributed by atoms with van der Waals surface area (Å²) in [6.45, 7) is 1.56. The molecule has 0 aromatic heterocycles. The van der Waals surface area contributed by atoms with Crippen molar-refractivity contribution < 1.29 is 33.5 Å². The van der Waals surface area contributed by atoms with E-state index >= 15 is 0 Å². The predicted octanol–water partition coefficient (Wildman–Crippen LogP) is 9.65. The number of benzene rings is 6.